The van der Waals surface area contributed by atoms with Crippen LogP contribution in [0.15, 0.2) is 42.7 Å². The maximum Gasteiger partial charge on any atom is 0.122 e. The Morgan fingerprint density at radius 2 is 2.00 bits per heavy atom. The van der Waals surface area contributed by atoms with Crippen molar-refractivity contribution in [2.45, 2.75) is 32.5 Å². The number of aryl methyl sites for hydroxylation is 1. The van der Waals surface area contributed by atoms with E-state index < -0.39 is 0 Å². The predicted octanol–water partition coefficient (Wildman–Crippen LogP) is 2.19. The quantitative estimate of drug-likeness (QED) is 0.841. The summed E-state index contributed by atoms with van der Waals surface area (Å²) in [4.78, 5) is 6.61. The number of benzene rings is 1. The summed E-state index contributed by atoms with van der Waals surface area (Å²) in [5.41, 5.74) is 1.25. The van der Waals surface area contributed by atoms with Crippen LogP contribution in [0.5, 0.6) is 0 Å². The first-order chi connectivity index (χ1) is 9.69. The molecule has 0 aliphatic rings. The maximum absolute atomic E-state index is 9.94. The van der Waals surface area contributed by atoms with Gasteiger partial charge in [-0.15, -0.1) is 0 Å². The molecule has 1 atom stereocenters. The number of hydrogen-bond donors (Lipinski definition) is 1. The summed E-state index contributed by atoms with van der Waals surface area (Å²) >= 11 is 0. The van der Waals surface area contributed by atoms with Crippen LogP contribution in [0.4, 0.5) is 0 Å². The van der Waals surface area contributed by atoms with Crippen molar-refractivity contribution in [3.8, 4) is 0 Å². The predicted molar refractivity (Wildman–Crippen MR) is 80.1 cm³/mol. The molecule has 1 aromatic carbocycles. The second kappa shape index (κ2) is 7.22. The first-order valence-electron chi connectivity index (χ1n) is 7.09. The molecule has 0 bridgehead atoms. The minimum Gasteiger partial charge on any atom is -0.392 e. The van der Waals surface area contributed by atoms with Crippen LogP contribution in [0, 0.1) is 0 Å². The number of imidazole rings is 1. The third-order valence-electron chi connectivity index (χ3n) is 3.48. The molecule has 0 spiro atoms. The van der Waals surface area contributed by atoms with Gasteiger partial charge in [0.15, 0.2) is 0 Å². The van der Waals surface area contributed by atoms with E-state index in [2.05, 4.69) is 22.0 Å². The highest BCUT2D eigenvalue weighted by atomic mass is 16.3. The monoisotopic (exact) mass is 273 g/mol. The second-order valence-corrected chi connectivity index (χ2v) is 5.17. The van der Waals surface area contributed by atoms with Gasteiger partial charge in [-0.2, -0.15) is 0 Å². The molecule has 1 heterocycles. The van der Waals surface area contributed by atoms with Crippen molar-refractivity contribution >= 4 is 0 Å². The number of aromatic nitrogens is 2. The molecule has 1 N–H and O–H groups in total. The van der Waals surface area contributed by atoms with Gasteiger partial charge in [0.2, 0.25) is 0 Å². The van der Waals surface area contributed by atoms with Crippen molar-refractivity contribution in [3.63, 3.8) is 0 Å². The number of aliphatic hydroxyl groups excluding tert-OH is 1. The molecule has 4 nitrogen and oxygen atoms in total. The van der Waals surface area contributed by atoms with E-state index in [1.165, 1.54) is 5.56 Å². The van der Waals surface area contributed by atoms with Crippen molar-refractivity contribution < 1.29 is 5.11 Å². The fraction of sp³-hybridized carbons (Fsp3) is 0.438. The van der Waals surface area contributed by atoms with Gasteiger partial charge in [-0.05, 0) is 12.0 Å². The molecule has 1 unspecified atom stereocenters. The Morgan fingerprint density at radius 3 is 2.60 bits per heavy atom. The lowest BCUT2D eigenvalue weighted by Crippen LogP contribution is -2.32. The van der Waals surface area contributed by atoms with Crippen LogP contribution < -0.4 is 0 Å². The fourth-order valence-corrected chi connectivity index (χ4v) is 2.20. The second-order valence-electron chi connectivity index (χ2n) is 5.17. The summed E-state index contributed by atoms with van der Waals surface area (Å²) in [6.45, 7) is 4.24. The van der Waals surface area contributed by atoms with Crippen molar-refractivity contribution in [1.29, 1.82) is 0 Å². The molecular weight excluding hydrogens is 250 g/mol. The smallest absolute Gasteiger partial charge is 0.122 e. The molecule has 1 aromatic heterocycles. The molecule has 2 rings (SSSR count). The molecule has 0 fully saturated rings. The van der Waals surface area contributed by atoms with E-state index in [0.29, 0.717) is 6.54 Å². The number of rotatable bonds is 7. The van der Waals surface area contributed by atoms with E-state index in [9.17, 15) is 5.11 Å². The number of nitrogens with zero attached hydrogens (tertiary/aromatic N) is 3. The van der Waals surface area contributed by atoms with Crippen LogP contribution in [0.3, 0.4) is 0 Å². The molecule has 0 amide bonds. The van der Waals surface area contributed by atoms with Gasteiger partial charge < -0.3 is 9.67 Å². The topological polar surface area (TPSA) is 41.3 Å². The molecule has 0 aliphatic carbocycles. The van der Waals surface area contributed by atoms with Crippen LogP contribution in [-0.2, 0) is 20.1 Å². The number of hydrogen-bond acceptors (Lipinski definition) is 3. The van der Waals surface area contributed by atoms with Gasteiger partial charge in [-0.3, -0.25) is 4.90 Å². The van der Waals surface area contributed by atoms with Gasteiger partial charge in [0.05, 0.1) is 12.6 Å². The lowest BCUT2D eigenvalue weighted by atomic mass is 10.2. The van der Waals surface area contributed by atoms with Gasteiger partial charge in [-0.1, -0.05) is 37.3 Å². The zero-order chi connectivity index (χ0) is 14.4. The molecule has 2 aromatic rings. The Morgan fingerprint density at radius 1 is 1.25 bits per heavy atom. The average molecular weight is 273 g/mol. The van der Waals surface area contributed by atoms with E-state index in [-0.39, 0.29) is 6.10 Å². The average Bonchev–Trinajstić information content (AvgIpc) is 2.85. The van der Waals surface area contributed by atoms with Gasteiger partial charge in [0, 0.05) is 32.5 Å². The zero-order valence-corrected chi connectivity index (χ0v) is 12.2. The lowest BCUT2D eigenvalue weighted by Gasteiger charge is -2.24. The Bertz CT molecular complexity index is 509. The standard InChI is InChI=1S/C16H23N3O/c1-3-15(20)12-19(11-14-7-5-4-6-8-14)13-16-17-9-10-18(16)2/h4-10,15,20H,3,11-13H2,1-2H3. The van der Waals surface area contributed by atoms with Crippen molar-refractivity contribution in [2.24, 2.45) is 7.05 Å². The van der Waals surface area contributed by atoms with Crippen LogP contribution in [0.1, 0.15) is 24.7 Å². The summed E-state index contributed by atoms with van der Waals surface area (Å²) in [5.74, 6) is 1.02. The summed E-state index contributed by atoms with van der Waals surface area (Å²) < 4.78 is 2.02. The minimum absolute atomic E-state index is 0.293. The maximum atomic E-state index is 9.94. The van der Waals surface area contributed by atoms with Crippen molar-refractivity contribution in [2.75, 3.05) is 6.54 Å². The third kappa shape index (κ3) is 4.18. The van der Waals surface area contributed by atoms with E-state index in [1.54, 1.807) is 0 Å². The van der Waals surface area contributed by atoms with E-state index >= 15 is 0 Å². The summed E-state index contributed by atoms with van der Waals surface area (Å²) in [5, 5.41) is 9.94. The summed E-state index contributed by atoms with van der Waals surface area (Å²) in [6, 6.07) is 10.3. The van der Waals surface area contributed by atoms with Crippen LogP contribution >= 0.6 is 0 Å². The third-order valence-corrected chi connectivity index (χ3v) is 3.48. The molecule has 0 aliphatic heterocycles. The normalized spacial score (nSPS) is 12.8. The Balaban J connectivity index is 2.06. The van der Waals surface area contributed by atoms with E-state index in [1.807, 2.05) is 49.1 Å². The number of aliphatic hydroxyl groups is 1. The van der Waals surface area contributed by atoms with Gasteiger partial charge in [0.25, 0.3) is 0 Å². The zero-order valence-electron chi connectivity index (χ0n) is 12.2. The van der Waals surface area contributed by atoms with Crippen LogP contribution in [0.2, 0.25) is 0 Å². The van der Waals surface area contributed by atoms with Crippen LogP contribution in [-0.4, -0.2) is 32.2 Å². The lowest BCUT2D eigenvalue weighted by molar-refractivity contribution is 0.0994. The molecule has 0 radical (unpaired) electrons. The van der Waals surface area contributed by atoms with Crippen LogP contribution in [0.25, 0.3) is 0 Å². The van der Waals surface area contributed by atoms with Crippen molar-refractivity contribution in [3.05, 3.63) is 54.1 Å². The highest BCUT2D eigenvalue weighted by Gasteiger charge is 2.13. The summed E-state index contributed by atoms with van der Waals surface area (Å²) in [7, 11) is 2.00. The largest absolute Gasteiger partial charge is 0.392 e. The Labute approximate surface area is 120 Å². The Hall–Kier alpha value is -1.65. The fourth-order valence-electron chi connectivity index (χ4n) is 2.20. The van der Waals surface area contributed by atoms with Gasteiger partial charge in [0.1, 0.15) is 5.82 Å². The molecule has 0 saturated carbocycles. The minimum atomic E-state index is -0.293. The molecule has 0 saturated heterocycles. The van der Waals surface area contributed by atoms with Gasteiger partial charge in [-0.25, -0.2) is 4.98 Å². The van der Waals surface area contributed by atoms with E-state index in [0.717, 1.165) is 25.3 Å². The highest BCUT2D eigenvalue weighted by molar-refractivity contribution is 5.14. The van der Waals surface area contributed by atoms with E-state index in [4.69, 9.17) is 0 Å². The van der Waals surface area contributed by atoms with Gasteiger partial charge >= 0.3 is 0 Å². The summed E-state index contributed by atoms with van der Waals surface area (Å²) in [6.07, 6.45) is 4.24. The first kappa shape index (κ1) is 14.8. The first-order valence-corrected chi connectivity index (χ1v) is 7.09. The molecular formula is C16H23N3O. The molecule has 4 heteroatoms. The highest BCUT2D eigenvalue weighted by Crippen LogP contribution is 2.10. The SMILES string of the molecule is CCC(O)CN(Cc1ccccc1)Cc1nccn1C. The Kier molecular flexibility index (Phi) is 5.32. The van der Waals surface area contributed by atoms with Crippen molar-refractivity contribution in [1.82, 2.24) is 14.5 Å². The molecule has 108 valence electrons. The molecule has 20 heavy (non-hydrogen) atoms.